The number of nitrogens with two attached hydrogens (primary N) is 1. The minimum Gasteiger partial charge on any atom is -0.491 e. The van der Waals surface area contributed by atoms with Crippen molar-refractivity contribution >= 4 is 11.6 Å². The van der Waals surface area contributed by atoms with Crippen molar-refractivity contribution in [1.82, 2.24) is 0 Å². The first kappa shape index (κ1) is 12.4. The third-order valence-electron chi connectivity index (χ3n) is 3.92. The third-order valence-corrected chi connectivity index (χ3v) is 3.92. The maximum absolute atomic E-state index is 11.9. The molecule has 1 aromatic carbocycles. The van der Waals surface area contributed by atoms with Gasteiger partial charge in [0, 0.05) is 26.3 Å². The molecule has 0 bridgehead atoms. The summed E-state index contributed by atoms with van der Waals surface area (Å²) in [6.45, 7) is 2.51. The van der Waals surface area contributed by atoms with Crippen LogP contribution in [0.3, 0.4) is 0 Å². The highest BCUT2D eigenvalue weighted by Gasteiger charge is 2.39. The van der Waals surface area contributed by atoms with Gasteiger partial charge >= 0.3 is 0 Å². The molecule has 19 heavy (non-hydrogen) atoms. The Bertz CT molecular complexity index is 544. The van der Waals surface area contributed by atoms with Crippen molar-refractivity contribution in [2.75, 3.05) is 24.6 Å². The number of carbonyl (C=O) groups excluding carboxylic acids is 1. The molecule has 1 amide bonds. The number of fused-ring (bicyclic) bond motifs is 3. The molecule has 0 radical (unpaired) electrons. The van der Waals surface area contributed by atoms with Gasteiger partial charge in [-0.25, -0.2) is 0 Å². The van der Waals surface area contributed by atoms with Crippen LogP contribution in [-0.4, -0.2) is 36.3 Å². The molecule has 1 unspecified atom stereocenters. The minimum absolute atomic E-state index is 0.100. The molecule has 5 nitrogen and oxygen atoms in total. The van der Waals surface area contributed by atoms with E-state index in [0.29, 0.717) is 13.0 Å². The molecular formula is C14H18N2O3. The quantitative estimate of drug-likeness (QED) is 0.759. The van der Waals surface area contributed by atoms with E-state index in [1.165, 1.54) is 6.92 Å². The zero-order valence-electron chi connectivity index (χ0n) is 11.0. The van der Waals surface area contributed by atoms with Crippen LogP contribution in [0.5, 0.6) is 5.75 Å². The van der Waals surface area contributed by atoms with Crippen molar-refractivity contribution in [2.45, 2.75) is 25.4 Å². The first-order chi connectivity index (χ1) is 9.04. The van der Waals surface area contributed by atoms with E-state index in [1.807, 2.05) is 12.1 Å². The number of hydrogen-bond donors (Lipinski definition) is 2. The van der Waals surface area contributed by atoms with E-state index in [9.17, 15) is 9.90 Å². The van der Waals surface area contributed by atoms with Gasteiger partial charge in [0.25, 0.3) is 0 Å². The van der Waals surface area contributed by atoms with E-state index in [2.05, 4.69) is 0 Å². The smallest absolute Gasteiger partial charge is 0.224 e. The molecule has 3 rings (SSSR count). The van der Waals surface area contributed by atoms with Crippen molar-refractivity contribution in [1.29, 1.82) is 0 Å². The molecule has 2 aliphatic heterocycles. The van der Waals surface area contributed by atoms with Crippen LogP contribution < -0.4 is 15.4 Å². The fourth-order valence-corrected chi connectivity index (χ4v) is 2.90. The molecule has 2 heterocycles. The Morgan fingerprint density at radius 1 is 1.53 bits per heavy atom. The second kappa shape index (κ2) is 4.21. The summed E-state index contributed by atoms with van der Waals surface area (Å²) in [5.74, 6) is 0.698. The monoisotopic (exact) mass is 262 g/mol. The summed E-state index contributed by atoms with van der Waals surface area (Å²) in [4.78, 5) is 13.5. The van der Waals surface area contributed by atoms with Gasteiger partial charge in [-0.1, -0.05) is 12.1 Å². The summed E-state index contributed by atoms with van der Waals surface area (Å²) in [5.41, 5.74) is 7.47. The molecule has 0 fully saturated rings. The summed E-state index contributed by atoms with van der Waals surface area (Å²) >= 11 is 0. The van der Waals surface area contributed by atoms with Crippen LogP contribution in [0.15, 0.2) is 12.1 Å². The lowest BCUT2D eigenvalue weighted by molar-refractivity contribution is -0.117. The lowest BCUT2D eigenvalue weighted by Crippen LogP contribution is -2.54. The average Bonchev–Trinajstić information content (AvgIpc) is 2.85. The van der Waals surface area contributed by atoms with E-state index in [-0.39, 0.29) is 19.0 Å². The lowest BCUT2D eigenvalue weighted by Gasteiger charge is -2.40. The topological polar surface area (TPSA) is 75.8 Å². The standard InChI is InChI=1S/C14H18N2O3/c1-9(17)16-8-14(18,7-15)6-11-3-2-10-4-5-19-13(10)12(11)16/h2-3,18H,4-8,15H2,1H3. The number of carbonyl (C=O) groups is 1. The maximum atomic E-state index is 11.9. The highest BCUT2D eigenvalue weighted by Crippen LogP contribution is 2.43. The number of nitrogens with zero attached hydrogens (tertiary/aromatic N) is 1. The molecule has 5 heteroatoms. The fourth-order valence-electron chi connectivity index (χ4n) is 2.90. The first-order valence-electron chi connectivity index (χ1n) is 6.52. The van der Waals surface area contributed by atoms with Gasteiger partial charge in [0.1, 0.15) is 5.75 Å². The summed E-state index contributed by atoms with van der Waals surface area (Å²) < 4.78 is 5.67. The lowest BCUT2D eigenvalue weighted by atomic mass is 9.87. The number of anilines is 1. The summed E-state index contributed by atoms with van der Waals surface area (Å²) in [6, 6.07) is 3.99. The maximum Gasteiger partial charge on any atom is 0.224 e. The Balaban J connectivity index is 2.15. The van der Waals surface area contributed by atoms with Gasteiger partial charge in [0.2, 0.25) is 5.91 Å². The van der Waals surface area contributed by atoms with Gasteiger partial charge in [-0.3, -0.25) is 4.79 Å². The number of hydrogen-bond acceptors (Lipinski definition) is 4. The number of benzene rings is 1. The molecule has 1 atom stereocenters. The largest absolute Gasteiger partial charge is 0.491 e. The Labute approximate surface area is 112 Å². The number of aliphatic hydroxyl groups is 1. The van der Waals surface area contributed by atoms with Crippen molar-refractivity contribution in [2.24, 2.45) is 5.73 Å². The molecule has 2 aliphatic rings. The van der Waals surface area contributed by atoms with Crippen LogP contribution >= 0.6 is 0 Å². The summed E-state index contributed by atoms with van der Waals surface area (Å²) in [7, 11) is 0. The van der Waals surface area contributed by atoms with Crippen LogP contribution in [0, 0.1) is 0 Å². The van der Waals surface area contributed by atoms with E-state index in [1.54, 1.807) is 4.90 Å². The zero-order valence-corrected chi connectivity index (χ0v) is 11.0. The van der Waals surface area contributed by atoms with Gasteiger partial charge in [0.05, 0.1) is 24.4 Å². The predicted molar refractivity (Wildman–Crippen MR) is 71.4 cm³/mol. The Morgan fingerprint density at radius 2 is 2.26 bits per heavy atom. The Hall–Kier alpha value is -1.59. The van der Waals surface area contributed by atoms with Gasteiger partial charge in [0.15, 0.2) is 0 Å². The number of ether oxygens (including phenoxy) is 1. The van der Waals surface area contributed by atoms with Gasteiger partial charge < -0.3 is 20.5 Å². The number of amides is 1. The van der Waals surface area contributed by atoms with Crippen LogP contribution in [0.4, 0.5) is 5.69 Å². The van der Waals surface area contributed by atoms with E-state index in [0.717, 1.165) is 29.0 Å². The van der Waals surface area contributed by atoms with E-state index < -0.39 is 5.60 Å². The Kier molecular flexibility index (Phi) is 2.76. The van der Waals surface area contributed by atoms with Crippen LogP contribution in [0.1, 0.15) is 18.1 Å². The second-order valence-electron chi connectivity index (χ2n) is 5.37. The average molecular weight is 262 g/mol. The molecular weight excluding hydrogens is 244 g/mol. The highest BCUT2D eigenvalue weighted by atomic mass is 16.5. The number of β-amino-alcohol motifs (C(OH)–C–C–N with tert-alkyl or cyclic N) is 1. The van der Waals surface area contributed by atoms with Crippen LogP contribution in [-0.2, 0) is 17.6 Å². The molecule has 0 spiro atoms. The van der Waals surface area contributed by atoms with Crippen molar-refractivity contribution in [3.8, 4) is 5.75 Å². The first-order valence-corrected chi connectivity index (χ1v) is 6.52. The Morgan fingerprint density at radius 3 is 2.95 bits per heavy atom. The van der Waals surface area contributed by atoms with E-state index in [4.69, 9.17) is 10.5 Å². The van der Waals surface area contributed by atoms with Crippen molar-refractivity contribution in [3.63, 3.8) is 0 Å². The van der Waals surface area contributed by atoms with Gasteiger partial charge in [-0.15, -0.1) is 0 Å². The predicted octanol–water partition coefficient (Wildman–Crippen LogP) is 0.220. The SMILES string of the molecule is CC(=O)N1CC(O)(CN)Cc2ccc3c(c21)OCC3. The zero-order chi connectivity index (χ0) is 13.6. The summed E-state index contributed by atoms with van der Waals surface area (Å²) in [5, 5.41) is 10.4. The second-order valence-corrected chi connectivity index (χ2v) is 5.37. The molecule has 0 saturated carbocycles. The molecule has 0 aromatic heterocycles. The van der Waals surface area contributed by atoms with Crippen molar-refractivity contribution in [3.05, 3.63) is 23.3 Å². The highest BCUT2D eigenvalue weighted by molar-refractivity contribution is 5.95. The molecule has 1 aromatic rings. The van der Waals surface area contributed by atoms with Gasteiger partial charge in [-0.05, 0) is 11.1 Å². The fraction of sp³-hybridized carbons (Fsp3) is 0.500. The van der Waals surface area contributed by atoms with E-state index >= 15 is 0 Å². The molecule has 3 N–H and O–H groups in total. The minimum atomic E-state index is -1.05. The molecule has 102 valence electrons. The van der Waals surface area contributed by atoms with Crippen molar-refractivity contribution < 1.29 is 14.6 Å². The molecule has 0 aliphatic carbocycles. The molecule has 0 saturated heterocycles. The van der Waals surface area contributed by atoms with Crippen LogP contribution in [0.2, 0.25) is 0 Å². The third kappa shape index (κ3) is 1.89. The van der Waals surface area contributed by atoms with Crippen LogP contribution in [0.25, 0.3) is 0 Å². The summed E-state index contributed by atoms with van der Waals surface area (Å²) in [6.07, 6.45) is 1.33. The number of rotatable bonds is 1. The van der Waals surface area contributed by atoms with Gasteiger partial charge in [-0.2, -0.15) is 0 Å². The normalized spacial score (nSPS) is 24.7.